The summed E-state index contributed by atoms with van der Waals surface area (Å²) in [5, 5.41) is 10.7. The van der Waals surface area contributed by atoms with E-state index in [0.717, 1.165) is 5.82 Å². The lowest BCUT2D eigenvalue weighted by molar-refractivity contribution is 0.00837. The summed E-state index contributed by atoms with van der Waals surface area (Å²) in [6.45, 7) is 1.26. The molecule has 2 heterocycles. The largest absolute Gasteiger partial charge is 0.385 e. The minimum Gasteiger partial charge on any atom is -0.385 e. The van der Waals surface area contributed by atoms with Gasteiger partial charge in [-0.1, -0.05) is 18.2 Å². The van der Waals surface area contributed by atoms with Crippen LogP contribution in [0.3, 0.4) is 0 Å². The average molecular weight is 273 g/mol. The number of hydrogen-bond acceptors (Lipinski definition) is 4. The van der Waals surface area contributed by atoms with Crippen molar-refractivity contribution in [3.8, 4) is 0 Å². The van der Waals surface area contributed by atoms with Crippen LogP contribution in [0.25, 0.3) is 0 Å². The molecule has 0 unspecified atom stereocenters. The lowest BCUT2D eigenvalue weighted by atomic mass is 9.84. The van der Waals surface area contributed by atoms with Crippen LogP contribution in [0, 0.1) is 5.82 Å². The van der Waals surface area contributed by atoms with Crippen molar-refractivity contribution in [2.75, 3.05) is 18.0 Å². The van der Waals surface area contributed by atoms with Gasteiger partial charge in [0.05, 0.1) is 11.8 Å². The third kappa shape index (κ3) is 2.36. The number of piperidine rings is 1. The van der Waals surface area contributed by atoms with E-state index in [2.05, 4.69) is 14.9 Å². The molecule has 1 aromatic heterocycles. The predicted octanol–water partition coefficient (Wildman–Crippen LogP) is 2.10. The monoisotopic (exact) mass is 273 g/mol. The fraction of sp³-hybridized carbons (Fsp3) is 0.333. The summed E-state index contributed by atoms with van der Waals surface area (Å²) in [6.07, 6.45) is 5.93. The van der Waals surface area contributed by atoms with E-state index >= 15 is 0 Å². The smallest absolute Gasteiger partial charge is 0.147 e. The normalized spacial score (nSPS) is 18.0. The molecule has 0 spiro atoms. The molecule has 1 aromatic carbocycles. The number of rotatable bonds is 2. The number of halogens is 1. The second-order valence-corrected chi connectivity index (χ2v) is 5.06. The third-order valence-corrected chi connectivity index (χ3v) is 3.84. The van der Waals surface area contributed by atoms with Crippen LogP contribution in [0.15, 0.2) is 42.9 Å². The summed E-state index contributed by atoms with van der Waals surface area (Å²) in [7, 11) is 0. The van der Waals surface area contributed by atoms with E-state index in [1.807, 2.05) is 0 Å². The number of nitrogens with zero attached hydrogens (tertiary/aromatic N) is 3. The van der Waals surface area contributed by atoms with Crippen LogP contribution >= 0.6 is 0 Å². The Hall–Kier alpha value is -2.01. The number of benzene rings is 1. The molecule has 0 bridgehead atoms. The van der Waals surface area contributed by atoms with Crippen LogP contribution in [-0.4, -0.2) is 28.2 Å². The van der Waals surface area contributed by atoms with Crippen molar-refractivity contribution in [2.24, 2.45) is 0 Å². The highest BCUT2D eigenvalue weighted by atomic mass is 19.1. The third-order valence-electron chi connectivity index (χ3n) is 3.84. The number of aromatic nitrogens is 2. The van der Waals surface area contributed by atoms with Gasteiger partial charge < -0.3 is 10.0 Å². The Morgan fingerprint density at radius 2 is 1.90 bits per heavy atom. The van der Waals surface area contributed by atoms with E-state index in [4.69, 9.17) is 0 Å². The van der Waals surface area contributed by atoms with E-state index in [9.17, 15) is 9.50 Å². The standard InChI is InChI=1S/C15H16FN3O/c16-13-4-2-1-3-12(13)15(20)5-9-19(10-6-15)14-11-17-7-8-18-14/h1-4,7-8,11,20H,5-6,9-10H2. The van der Waals surface area contributed by atoms with Gasteiger partial charge in [-0.2, -0.15) is 0 Å². The molecule has 0 amide bonds. The Labute approximate surface area is 116 Å². The van der Waals surface area contributed by atoms with Gasteiger partial charge in [0.2, 0.25) is 0 Å². The predicted molar refractivity (Wildman–Crippen MR) is 73.8 cm³/mol. The highest BCUT2D eigenvalue weighted by molar-refractivity contribution is 5.37. The quantitative estimate of drug-likeness (QED) is 0.910. The highest BCUT2D eigenvalue weighted by Gasteiger charge is 2.36. The van der Waals surface area contributed by atoms with Crippen molar-refractivity contribution in [1.29, 1.82) is 0 Å². The Kier molecular flexibility index (Phi) is 3.36. The molecule has 0 radical (unpaired) electrons. The van der Waals surface area contributed by atoms with E-state index in [-0.39, 0.29) is 5.82 Å². The summed E-state index contributed by atoms with van der Waals surface area (Å²) in [6, 6.07) is 6.44. The number of aliphatic hydroxyl groups is 1. The average Bonchev–Trinajstić information content (AvgIpc) is 2.49. The molecule has 20 heavy (non-hydrogen) atoms. The van der Waals surface area contributed by atoms with Gasteiger partial charge in [-0.25, -0.2) is 9.37 Å². The number of anilines is 1. The molecule has 0 aliphatic carbocycles. The first kappa shape index (κ1) is 13.0. The van der Waals surface area contributed by atoms with E-state index < -0.39 is 5.60 Å². The molecule has 104 valence electrons. The second kappa shape index (κ2) is 5.17. The van der Waals surface area contributed by atoms with Gasteiger partial charge >= 0.3 is 0 Å². The molecule has 1 N–H and O–H groups in total. The van der Waals surface area contributed by atoms with E-state index in [0.29, 0.717) is 31.5 Å². The first-order chi connectivity index (χ1) is 9.69. The SMILES string of the molecule is OC1(c2ccccc2F)CCN(c2cnccn2)CC1. The van der Waals surface area contributed by atoms with Crippen molar-refractivity contribution < 1.29 is 9.50 Å². The van der Waals surface area contributed by atoms with Gasteiger partial charge in [0.1, 0.15) is 11.6 Å². The summed E-state index contributed by atoms with van der Waals surface area (Å²) >= 11 is 0. The maximum atomic E-state index is 13.8. The van der Waals surface area contributed by atoms with Crippen molar-refractivity contribution >= 4 is 5.82 Å². The Morgan fingerprint density at radius 3 is 2.55 bits per heavy atom. The minimum absolute atomic E-state index is 0.344. The molecule has 4 nitrogen and oxygen atoms in total. The van der Waals surface area contributed by atoms with Gasteiger partial charge in [-0.05, 0) is 18.9 Å². The maximum Gasteiger partial charge on any atom is 0.147 e. The molecule has 5 heteroatoms. The molecular formula is C15H16FN3O. The zero-order valence-corrected chi connectivity index (χ0v) is 11.0. The molecule has 1 saturated heterocycles. The van der Waals surface area contributed by atoms with Crippen LogP contribution in [-0.2, 0) is 5.60 Å². The van der Waals surface area contributed by atoms with Crippen LogP contribution in [0.4, 0.5) is 10.2 Å². The molecule has 1 fully saturated rings. The van der Waals surface area contributed by atoms with E-state index in [1.54, 1.807) is 36.8 Å². The molecule has 1 aliphatic rings. The van der Waals surface area contributed by atoms with Gasteiger partial charge in [0, 0.05) is 31.0 Å². The molecule has 2 aromatic rings. The molecule has 0 saturated carbocycles. The Balaban J connectivity index is 1.77. The highest BCUT2D eigenvalue weighted by Crippen LogP contribution is 2.35. The summed E-state index contributed by atoms with van der Waals surface area (Å²) < 4.78 is 13.8. The van der Waals surface area contributed by atoms with Crippen LogP contribution in [0.5, 0.6) is 0 Å². The zero-order chi connectivity index (χ0) is 14.0. The topological polar surface area (TPSA) is 49.2 Å². The summed E-state index contributed by atoms with van der Waals surface area (Å²) in [5.41, 5.74) is -0.705. The molecular weight excluding hydrogens is 257 g/mol. The fourth-order valence-corrected chi connectivity index (χ4v) is 2.67. The fourth-order valence-electron chi connectivity index (χ4n) is 2.67. The van der Waals surface area contributed by atoms with Gasteiger partial charge in [0.15, 0.2) is 0 Å². The van der Waals surface area contributed by atoms with E-state index in [1.165, 1.54) is 6.07 Å². The molecule has 1 aliphatic heterocycles. The molecule has 3 rings (SSSR count). The second-order valence-electron chi connectivity index (χ2n) is 5.06. The van der Waals surface area contributed by atoms with Crippen molar-refractivity contribution in [2.45, 2.75) is 18.4 Å². The lowest BCUT2D eigenvalue weighted by Gasteiger charge is -2.39. The van der Waals surface area contributed by atoms with Gasteiger partial charge in [-0.3, -0.25) is 4.98 Å². The minimum atomic E-state index is -1.09. The van der Waals surface area contributed by atoms with Crippen LogP contribution < -0.4 is 4.90 Å². The van der Waals surface area contributed by atoms with Crippen LogP contribution in [0.2, 0.25) is 0 Å². The maximum absolute atomic E-state index is 13.8. The van der Waals surface area contributed by atoms with Gasteiger partial charge in [-0.15, -0.1) is 0 Å². The van der Waals surface area contributed by atoms with Crippen molar-refractivity contribution in [1.82, 2.24) is 9.97 Å². The summed E-state index contributed by atoms with van der Waals surface area (Å²) in [5.74, 6) is 0.450. The van der Waals surface area contributed by atoms with Crippen molar-refractivity contribution in [3.63, 3.8) is 0 Å². The van der Waals surface area contributed by atoms with Gasteiger partial charge in [0.25, 0.3) is 0 Å². The Bertz CT molecular complexity index is 583. The summed E-state index contributed by atoms with van der Waals surface area (Å²) in [4.78, 5) is 10.3. The lowest BCUT2D eigenvalue weighted by Crippen LogP contribution is -2.43. The Morgan fingerprint density at radius 1 is 1.15 bits per heavy atom. The zero-order valence-electron chi connectivity index (χ0n) is 11.0. The first-order valence-electron chi connectivity index (χ1n) is 6.67. The van der Waals surface area contributed by atoms with Crippen LogP contribution in [0.1, 0.15) is 18.4 Å². The van der Waals surface area contributed by atoms with Crippen molar-refractivity contribution in [3.05, 3.63) is 54.2 Å². The first-order valence-corrected chi connectivity index (χ1v) is 6.67. The molecule has 0 atom stereocenters. The number of hydrogen-bond donors (Lipinski definition) is 1.